The zero-order valence-corrected chi connectivity index (χ0v) is 8.68. The van der Waals surface area contributed by atoms with Gasteiger partial charge in [0.1, 0.15) is 11.9 Å². The first kappa shape index (κ1) is 9.87. The van der Waals surface area contributed by atoms with E-state index in [0.717, 1.165) is 18.6 Å². The Morgan fingerprint density at radius 3 is 3.27 bits per heavy atom. The number of hydrogen-bond acceptors (Lipinski definition) is 2. The zero-order valence-electron chi connectivity index (χ0n) is 8.68. The van der Waals surface area contributed by atoms with Crippen LogP contribution in [0.1, 0.15) is 18.1 Å². The molecule has 1 unspecified atom stereocenters. The summed E-state index contributed by atoms with van der Waals surface area (Å²) in [5.41, 5.74) is 10.6. The van der Waals surface area contributed by atoms with Gasteiger partial charge in [-0.05, 0) is 36.1 Å². The number of fused-ring (bicyclic) bond motifs is 1. The van der Waals surface area contributed by atoms with Gasteiger partial charge in [0, 0.05) is 17.9 Å². The van der Waals surface area contributed by atoms with Crippen LogP contribution < -0.4 is 4.74 Å². The topological polar surface area (TPSA) is 58.0 Å². The van der Waals surface area contributed by atoms with Gasteiger partial charge in [-0.1, -0.05) is 17.2 Å². The molecule has 2 rings (SSSR count). The monoisotopic (exact) mass is 203 g/mol. The molecule has 0 saturated heterocycles. The molecule has 0 spiro atoms. The van der Waals surface area contributed by atoms with Crippen molar-refractivity contribution < 1.29 is 4.74 Å². The molecule has 1 aromatic carbocycles. The first-order chi connectivity index (χ1) is 7.29. The van der Waals surface area contributed by atoms with E-state index in [4.69, 9.17) is 10.3 Å². The number of benzene rings is 1. The van der Waals surface area contributed by atoms with Crippen molar-refractivity contribution in [2.24, 2.45) is 5.11 Å². The summed E-state index contributed by atoms with van der Waals surface area (Å²) in [6.07, 6.45) is 2.06. The third kappa shape index (κ3) is 2.22. The lowest BCUT2D eigenvalue weighted by molar-refractivity contribution is 0.254. The molecule has 4 heteroatoms. The molecule has 0 fully saturated rings. The highest BCUT2D eigenvalue weighted by molar-refractivity contribution is 5.40. The van der Waals surface area contributed by atoms with Crippen LogP contribution >= 0.6 is 0 Å². The van der Waals surface area contributed by atoms with Crippen LogP contribution in [-0.2, 0) is 12.8 Å². The van der Waals surface area contributed by atoms with Crippen LogP contribution in [0.5, 0.6) is 5.75 Å². The molecule has 0 N–H and O–H groups in total. The second kappa shape index (κ2) is 4.24. The van der Waals surface area contributed by atoms with Gasteiger partial charge in [-0.2, -0.15) is 0 Å². The standard InChI is InChI=1S/C11H13N3O/c1-8-6-10-7-9(4-5-13-14-12)2-3-11(10)15-8/h2-3,7-8H,4-6H2,1H3. The summed E-state index contributed by atoms with van der Waals surface area (Å²) in [6.45, 7) is 2.59. The molecular weight excluding hydrogens is 190 g/mol. The largest absolute Gasteiger partial charge is 0.490 e. The smallest absolute Gasteiger partial charge is 0.123 e. The van der Waals surface area contributed by atoms with Crippen molar-refractivity contribution in [2.75, 3.05) is 6.54 Å². The van der Waals surface area contributed by atoms with E-state index in [1.54, 1.807) is 0 Å². The van der Waals surface area contributed by atoms with Gasteiger partial charge in [-0.3, -0.25) is 0 Å². The van der Waals surface area contributed by atoms with Gasteiger partial charge in [0.05, 0.1) is 0 Å². The maximum atomic E-state index is 8.17. The fourth-order valence-corrected chi connectivity index (χ4v) is 1.85. The van der Waals surface area contributed by atoms with Gasteiger partial charge in [0.15, 0.2) is 0 Å². The Bertz CT molecular complexity index is 410. The van der Waals surface area contributed by atoms with Crippen LogP contribution in [0, 0.1) is 0 Å². The van der Waals surface area contributed by atoms with Crippen molar-refractivity contribution in [1.29, 1.82) is 0 Å². The Balaban J connectivity index is 2.09. The summed E-state index contributed by atoms with van der Waals surface area (Å²) in [6, 6.07) is 6.18. The van der Waals surface area contributed by atoms with E-state index in [1.807, 2.05) is 12.1 Å². The average Bonchev–Trinajstić information content (AvgIpc) is 2.57. The fraction of sp³-hybridized carbons (Fsp3) is 0.455. The summed E-state index contributed by atoms with van der Waals surface area (Å²) in [7, 11) is 0. The highest BCUT2D eigenvalue weighted by atomic mass is 16.5. The maximum absolute atomic E-state index is 8.17. The quantitative estimate of drug-likeness (QED) is 0.423. The molecule has 0 aliphatic carbocycles. The molecule has 0 radical (unpaired) electrons. The van der Waals surface area contributed by atoms with Gasteiger partial charge >= 0.3 is 0 Å². The third-order valence-electron chi connectivity index (χ3n) is 2.52. The minimum absolute atomic E-state index is 0.285. The molecule has 0 saturated carbocycles. The molecule has 1 aromatic rings. The molecule has 0 bridgehead atoms. The number of nitrogens with zero attached hydrogens (tertiary/aromatic N) is 3. The van der Waals surface area contributed by atoms with Crippen molar-refractivity contribution in [3.05, 3.63) is 39.8 Å². The van der Waals surface area contributed by atoms with E-state index >= 15 is 0 Å². The van der Waals surface area contributed by atoms with Crippen molar-refractivity contribution in [1.82, 2.24) is 0 Å². The van der Waals surface area contributed by atoms with E-state index < -0.39 is 0 Å². The van der Waals surface area contributed by atoms with Crippen LogP contribution in [0.3, 0.4) is 0 Å². The van der Waals surface area contributed by atoms with Crippen LogP contribution in [0.25, 0.3) is 10.4 Å². The van der Waals surface area contributed by atoms with Crippen molar-refractivity contribution in [3.8, 4) is 5.75 Å². The Kier molecular flexibility index (Phi) is 2.79. The van der Waals surface area contributed by atoms with Gasteiger partial charge < -0.3 is 4.74 Å². The number of azide groups is 1. The predicted molar refractivity (Wildman–Crippen MR) is 58.0 cm³/mol. The Morgan fingerprint density at radius 1 is 1.60 bits per heavy atom. The van der Waals surface area contributed by atoms with Crippen molar-refractivity contribution >= 4 is 0 Å². The van der Waals surface area contributed by atoms with Crippen molar-refractivity contribution in [2.45, 2.75) is 25.9 Å². The molecule has 1 atom stereocenters. The summed E-state index contributed by atoms with van der Waals surface area (Å²) >= 11 is 0. The van der Waals surface area contributed by atoms with Gasteiger partial charge in [0.25, 0.3) is 0 Å². The SMILES string of the molecule is CC1Cc2cc(CCN=[N+]=[N-])ccc2O1. The maximum Gasteiger partial charge on any atom is 0.123 e. The lowest BCUT2D eigenvalue weighted by atomic mass is 10.1. The van der Waals surface area contributed by atoms with Gasteiger partial charge in [-0.15, -0.1) is 0 Å². The first-order valence-corrected chi connectivity index (χ1v) is 5.09. The highest BCUT2D eigenvalue weighted by Crippen LogP contribution is 2.29. The second-order valence-corrected chi connectivity index (χ2v) is 3.78. The number of rotatable bonds is 3. The van der Waals surface area contributed by atoms with Crippen molar-refractivity contribution in [3.63, 3.8) is 0 Å². The number of ether oxygens (including phenoxy) is 1. The normalized spacial score (nSPS) is 17.8. The lowest BCUT2D eigenvalue weighted by Gasteiger charge is -2.03. The van der Waals surface area contributed by atoms with Crippen LogP contribution in [0.4, 0.5) is 0 Å². The summed E-state index contributed by atoms with van der Waals surface area (Å²) in [4.78, 5) is 2.74. The predicted octanol–water partition coefficient (Wildman–Crippen LogP) is 2.86. The Hall–Kier alpha value is -1.67. The lowest BCUT2D eigenvalue weighted by Crippen LogP contribution is -2.05. The number of hydrogen-bond donors (Lipinski definition) is 0. The summed E-state index contributed by atoms with van der Waals surface area (Å²) in [5.74, 6) is 0.995. The molecule has 1 aliphatic heterocycles. The average molecular weight is 203 g/mol. The molecule has 4 nitrogen and oxygen atoms in total. The molecule has 0 amide bonds. The minimum Gasteiger partial charge on any atom is -0.490 e. The minimum atomic E-state index is 0.285. The van der Waals surface area contributed by atoms with Crippen LogP contribution in [0.15, 0.2) is 23.3 Å². The highest BCUT2D eigenvalue weighted by Gasteiger charge is 2.18. The van der Waals surface area contributed by atoms with Gasteiger partial charge in [0.2, 0.25) is 0 Å². The molecule has 15 heavy (non-hydrogen) atoms. The van der Waals surface area contributed by atoms with E-state index in [-0.39, 0.29) is 6.10 Å². The van der Waals surface area contributed by atoms with E-state index in [2.05, 4.69) is 23.0 Å². The fourth-order valence-electron chi connectivity index (χ4n) is 1.85. The first-order valence-electron chi connectivity index (χ1n) is 5.09. The summed E-state index contributed by atoms with van der Waals surface area (Å²) in [5, 5.41) is 3.52. The van der Waals surface area contributed by atoms with Crippen LogP contribution in [0.2, 0.25) is 0 Å². The Labute approximate surface area is 88.5 Å². The molecule has 78 valence electrons. The molecule has 0 aromatic heterocycles. The third-order valence-corrected chi connectivity index (χ3v) is 2.52. The summed E-state index contributed by atoms with van der Waals surface area (Å²) < 4.78 is 5.61. The molecular formula is C11H13N3O. The molecule has 1 aliphatic rings. The second-order valence-electron chi connectivity index (χ2n) is 3.78. The van der Waals surface area contributed by atoms with E-state index in [1.165, 1.54) is 11.1 Å². The molecule has 1 heterocycles. The van der Waals surface area contributed by atoms with Crippen LogP contribution in [-0.4, -0.2) is 12.6 Å². The Morgan fingerprint density at radius 2 is 2.47 bits per heavy atom. The van der Waals surface area contributed by atoms with E-state index in [9.17, 15) is 0 Å². The zero-order chi connectivity index (χ0) is 10.7. The van der Waals surface area contributed by atoms with E-state index in [0.29, 0.717) is 6.54 Å². The van der Waals surface area contributed by atoms with Gasteiger partial charge in [-0.25, -0.2) is 0 Å².